The van der Waals surface area contributed by atoms with Gasteiger partial charge in [-0.15, -0.1) is 0 Å². The van der Waals surface area contributed by atoms with Crippen LogP contribution in [0.15, 0.2) is 30.3 Å². The molecule has 1 rings (SSSR count). The second kappa shape index (κ2) is 6.42. The predicted molar refractivity (Wildman–Crippen MR) is 62.5 cm³/mol. The third kappa shape index (κ3) is 4.92. The van der Waals surface area contributed by atoms with E-state index in [0.29, 0.717) is 5.56 Å². The summed E-state index contributed by atoms with van der Waals surface area (Å²) < 4.78 is 0. The maximum Gasteiger partial charge on any atom is 0.251 e. The van der Waals surface area contributed by atoms with Crippen LogP contribution >= 0.6 is 0 Å². The lowest BCUT2D eigenvalue weighted by molar-refractivity contribution is -0.123. The number of benzene rings is 1. The van der Waals surface area contributed by atoms with Crippen molar-refractivity contribution >= 4 is 17.6 Å². The fourth-order valence-electron chi connectivity index (χ4n) is 1.14. The molecule has 1 aromatic rings. The van der Waals surface area contributed by atoms with Crippen LogP contribution in [-0.4, -0.2) is 30.7 Å². The second-order valence-electron chi connectivity index (χ2n) is 3.53. The molecule has 0 fully saturated rings. The topological polar surface area (TPSA) is 75.3 Å². The number of rotatable bonds is 5. The minimum Gasteiger partial charge on any atom is -0.348 e. The third-order valence-electron chi connectivity index (χ3n) is 1.98. The zero-order valence-corrected chi connectivity index (χ0v) is 9.53. The third-order valence-corrected chi connectivity index (χ3v) is 1.98. The molecule has 5 nitrogen and oxygen atoms in total. The lowest BCUT2D eigenvalue weighted by Crippen LogP contribution is -2.38. The number of Topliss-reactive ketones (excluding diaryl/α,β-unsaturated/α-hetero) is 1. The second-order valence-corrected chi connectivity index (χ2v) is 3.53. The number of ketones is 1. The molecule has 0 atom stereocenters. The predicted octanol–water partition coefficient (Wildman–Crippen LogP) is 0.122. The van der Waals surface area contributed by atoms with Gasteiger partial charge in [-0.1, -0.05) is 18.2 Å². The number of amides is 2. The zero-order chi connectivity index (χ0) is 12.7. The Kier molecular flexibility index (Phi) is 4.87. The molecule has 0 unspecified atom stereocenters. The van der Waals surface area contributed by atoms with E-state index in [9.17, 15) is 14.4 Å². The van der Waals surface area contributed by atoms with E-state index in [1.54, 1.807) is 30.3 Å². The van der Waals surface area contributed by atoms with Crippen molar-refractivity contribution in [2.75, 3.05) is 13.1 Å². The first-order valence-corrected chi connectivity index (χ1v) is 5.19. The normalized spacial score (nSPS) is 9.47. The molecule has 0 aromatic heterocycles. The number of nitrogens with one attached hydrogen (secondary N) is 2. The lowest BCUT2D eigenvalue weighted by Gasteiger charge is -2.05. The summed E-state index contributed by atoms with van der Waals surface area (Å²) in [5.74, 6) is -0.833. The fraction of sp³-hybridized carbons (Fsp3) is 0.250. The van der Waals surface area contributed by atoms with Crippen LogP contribution in [0.4, 0.5) is 0 Å². The Bertz CT molecular complexity index is 415. The SMILES string of the molecule is CC(=O)CNC(=O)CNC(=O)c1ccccc1. The molecule has 0 saturated heterocycles. The van der Waals surface area contributed by atoms with Gasteiger partial charge in [-0.25, -0.2) is 0 Å². The highest BCUT2D eigenvalue weighted by Gasteiger charge is 2.07. The van der Waals surface area contributed by atoms with Crippen LogP contribution < -0.4 is 10.6 Å². The van der Waals surface area contributed by atoms with Crippen molar-refractivity contribution in [1.29, 1.82) is 0 Å². The first kappa shape index (κ1) is 12.9. The van der Waals surface area contributed by atoms with Gasteiger partial charge in [0.15, 0.2) is 0 Å². The Morgan fingerprint density at radius 2 is 1.65 bits per heavy atom. The molecular weight excluding hydrogens is 220 g/mol. The first-order valence-electron chi connectivity index (χ1n) is 5.19. The summed E-state index contributed by atoms with van der Waals surface area (Å²) in [7, 11) is 0. The van der Waals surface area contributed by atoms with Crippen molar-refractivity contribution in [3.05, 3.63) is 35.9 Å². The Hall–Kier alpha value is -2.17. The van der Waals surface area contributed by atoms with Crippen LogP contribution in [0.2, 0.25) is 0 Å². The average molecular weight is 234 g/mol. The minimum atomic E-state index is -0.385. The highest BCUT2D eigenvalue weighted by Crippen LogP contribution is 1.96. The molecule has 5 heteroatoms. The molecule has 0 aliphatic rings. The Morgan fingerprint density at radius 3 is 2.24 bits per heavy atom. The van der Waals surface area contributed by atoms with Crippen molar-refractivity contribution in [1.82, 2.24) is 10.6 Å². The summed E-state index contributed by atoms with van der Waals surface area (Å²) in [6, 6.07) is 8.59. The van der Waals surface area contributed by atoms with Crippen LogP contribution in [-0.2, 0) is 9.59 Å². The van der Waals surface area contributed by atoms with E-state index in [1.165, 1.54) is 6.92 Å². The van der Waals surface area contributed by atoms with Gasteiger partial charge in [-0.05, 0) is 19.1 Å². The summed E-state index contributed by atoms with van der Waals surface area (Å²) in [4.78, 5) is 33.3. The van der Waals surface area contributed by atoms with Crippen LogP contribution in [0.1, 0.15) is 17.3 Å². The molecule has 0 saturated carbocycles. The van der Waals surface area contributed by atoms with Crippen molar-refractivity contribution in [3.8, 4) is 0 Å². The van der Waals surface area contributed by atoms with Crippen molar-refractivity contribution in [2.45, 2.75) is 6.92 Å². The molecule has 1 aromatic carbocycles. The Labute approximate surface area is 99.2 Å². The highest BCUT2D eigenvalue weighted by atomic mass is 16.2. The van der Waals surface area contributed by atoms with Crippen molar-refractivity contribution < 1.29 is 14.4 Å². The molecule has 0 bridgehead atoms. The van der Waals surface area contributed by atoms with Crippen molar-refractivity contribution in [3.63, 3.8) is 0 Å². The van der Waals surface area contributed by atoms with Crippen LogP contribution in [0.3, 0.4) is 0 Å². The smallest absolute Gasteiger partial charge is 0.251 e. The quantitative estimate of drug-likeness (QED) is 0.760. The molecule has 0 aliphatic carbocycles. The summed E-state index contributed by atoms with van der Waals surface area (Å²) in [5.41, 5.74) is 0.492. The first-order chi connectivity index (χ1) is 8.09. The van der Waals surface area contributed by atoms with Crippen LogP contribution in [0.25, 0.3) is 0 Å². The molecule has 2 amide bonds. The maximum absolute atomic E-state index is 11.5. The summed E-state index contributed by atoms with van der Waals surface area (Å²) in [6.07, 6.45) is 0. The molecule has 2 N–H and O–H groups in total. The van der Waals surface area contributed by atoms with Crippen LogP contribution in [0, 0.1) is 0 Å². The van der Waals surface area contributed by atoms with E-state index in [-0.39, 0.29) is 30.7 Å². The zero-order valence-electron chi connectivity index (χ0n) is 9.53. The van der Waals surface area contributed by atoms with E-state index in [4.69, 9.17) is 0 Å². The molecule has 0 aliphatic heterocycles. The average Bonchev–Trinajstić information content (AvgIpc) is 2.34. The molecule has 0 radical (unpaired) electrons. The molecule has 90 valence electrons. The van der Waals surface area contributed by atoms with Crippen LogP contribution in [0.5, 0.6) is 0 Å². The number of carbonyl (C=O) groups is 3. The van der Waals surface area contributed by atoms with Gasteiger partial charge >= 0.3 is 0 Å². The van der Waals surface area contributed by atoms with Gasteiger partial charge in [0.25, 0.3) is 5.91 Å². The standard InChI is InChI=1S/C12H14N2O3/c1-9(15)7-13-11(16)8-14-12(17)10-5-3-2-4-6-10/h2-6H,7-8H2,1H3,(H,13,16)(H,14,17). The molecule has 0 spiro atoms. The van der Waals surface area contributed by atoms with Gasteiger partial charge in [0, 0.05) is 5.56 Å². The van der Waals surface area contributed by atoms with E-state index in [2.05, 4.69) is 10.6 Å². The van der Waals surface area contributed by atoms with Gasteiger partial charge in [0.1, 0.15) is 5.78 Å². The molecule has 17 heavy (non-hydrogen) atoms. The minimum absolute atomic E-state index is 0.0138. The fourth-order valence-corrected chi connectivity index (χ4v) is 1.14. The number of hydrogen-bond acceptors (Lipinski definition) is 3. The summed E-state index contributed by atoms with van der Waals surface area (Å²) >= 11 is 0. The lowest BCUT2D eigenvalue weighted by atomic mass is 10.2. The van der Waals surface area contributed by atoms with Gasteiger partial charge in [0.05, 0.1) is 13.1 Å². The van der Waals surface area contributed by atoms with Gasteiger partial charge < -0.3 is 10.6 Å². The van der Waals surface area contributed by atoms with Crippen molar-refractivity contribution in [2.24, 2.45) is 0 Å². The highest BCUT2D eigenvalue weighted by molar-refractivity contribution is 5.96. The van der Waals surface area contributed by atoms with E-state index >= 15 is 0 Å². The van der Waals surface area contributed by atoms with E-state index in [0.717, 1.165) is 0 Å². The number of hydrogen-bond donors (Lipinski definition) is 2. The van der Waals surface area contributed by atoms with Gasteiger partial charge in [-0.3, -0.25) is 14.4 Å². The van der Waals surface area contributed by atoms with E-state index < -0.39 is 0 Å². The summed E-state index contributed by atoms with van der Waals surface area (Å²) in [5, 5.41) is 4.85. The maximum atomic E-state index is 11.5. The Morgan fingerprint density at radius 1 is 1.00 bits per heavy atom. The van der Waals surface area contributed by atoms with Gasteiger partial charge in [-0.2, -0.15) is 0 Å². The van der Waals surface area contributed by atoms with E-state index in [1.807, 2.05) is 0 Å². The molecular formula is C12H14N2O3. The largest absolute Gasteiger partial charge is 0.348 e. The number of carbonyl (C=O) groups excluding carboxylic acids is 3. The monoisotopic (exact) mass is 234 g/mol. The summed E-state index contributed by atoms with van der Waals surface area (Å²) in [6.45, 7) is 1.23. The molecule has 0 heterocycles. The van der Waals surface area contributed by atoms with Gasteiger partial charge in [0.2, 0.25) is 5.91 Å². The Balaban J connectivity index is 2.34.